The summed E-state index contributed by atoms with van der Waals surface area (Å²) in [5, 5.41) is 3.56. The zero-order valence-electron chi connectivity index (χ0n) is 10.7. The molecule has 15 heavy (non-hydrogen) atoms. The van der Waals surface area contributed by atoms with Crippen LogP contribution >= 0.6 is 11.8 Å². The highest BCUT2D eigenvalue weighted by molar-refractivity contribution is 7.99. The van der Waals surface area contributed by atoms with Gasteiger partial charge in [-0.15, -0.1) is 0 Å². The summed E-state index contributed by atoms with van der Waals surface area (Å²) in [4.78, 5) is 2.64. The number of piperazine rings is 1. The van der Waals surface area contributed by atoms with Crippen molar-refractivity contribution in [3.63, 3.8) is 0 Å². The summed E-state index contributed by atoms with van der Waals surface area (Å²) in [5.74, 6) is 2.56. The third-order valence-corrected chi connectivity index (χ3v) is 4.14. The highest BCUT2D eigenvalue weighted by atomic mass is 32.2. The van der Waals surface area contributed by atoms with Crippen molar-refractivity contribution in [2.75, 3.05) is 31.1 Å². The molecule has 1 saturated heterocycles. The number of hydrogen-bond acceptors (Lipinski definition) is 3. The Balaban J connectivity index is 2.30. The standard InChI is InChI=1S/C12H26N2S/c1-5-15-8-6-7-14-9-11(2)13-10-12(14,3)4/h11,13H,5-10H2,1-4H3. The molecule has 0 saturated carbocycles. The molecule has 1 heterocycles. The maximum Gasteiger partial charge on any atom is 0.0278 e. The van der Waals surface area contributed by atoms with Gasteiger partial charge in [0.15, 0.2) is 0 Å². The quantitative estimate of drug-likeness (QED) is 0.729. The van der Waals surface area contributed by atoms with Crippen LogP contribution in [0.15, 0.2) is 0 Å². The van der Waals surface area contributed by atoms with Crippen LogP contribution in [0.5, 0.6) is 0 Å². The Kier molecular flexibility index (Phi) is 5.44. The fourth-order valence-electron chi connectivity index (χ4n) is 2.07. The fraction of sp³-hybridized carbons (Fsp3) is 1.00. The van der Waals surface area contributed by atoms with Gasteiger partial charge in [0.2, 0.25) is 0 Å². The van der Waals surface area contributed by atoms with Gasteiger partial charge in [0, 0.05) is 24.7 Å². The summed E-state index contributed by atoms with van der Waals surface area (Å²) in [7, 11) is 0. The molecule has 1 atom stereocenters. The maximum absolute atomic E-state index is 3.56. The molecule has 1 fully saturated rings. The van der Waals surface area contributed by atoms with Crippen LogP contribution < -0.4 is 5.32 Å². The summed E-state index contributed by atoms with van der Waals surface area (Å²) in [5.41, 5.74) is 0.337. The molecule has 2 nitrogen and oxygen atoms in total. The summed E-state index contributed by atoms with van der Waals surface area (Å²) >= 11 is 2.06. The van der Waals surface area contributed by atoms with Gasteiger partial charge in [-0.1, -0.05) is 6.92 Å². The van der Waals surface area contributed by atoms with Crippen molar-refractivity contribution in [3.05, 3.63) is 0 Å². The lowest BCUT2D eigenvalue weighted by Crippen LogP contribution is -2.61. The lowest BCUT2D eigenvalue weighted by Gasteiger charge is -2.45. The Bertz CT molecular complexity index is 182. The number of hydrogen-bond donors (Lipinski definition) is 1. The van der Waals surface area contributed by atoms with E-state index < -0.39 is 0 Å². The topological polar surface area (TPSA) is 15.3 Å². The fourth-order valence-corrected chi connectivity index (χ4v) is 2.70. The molecule has 1 aliphatic heterocycles. The van der Waals surface area contributed by atoms with Crippen LogP contribution in [0.3, 0.4) is 0 Å². The predicted molar refractivity (Wildman–Crippen MR) is 70.7 cm³/mol. The van der Waals surface area contributed by atoms with Gasteiger partial charge in [-0.25, -0.2) is 0 Å². The summed E-state index contributed by atoms with van der Waals surface area (Å²) in [6.45, 7) is 12.8. The zero-order valence-corrected chi connectivity index (χ0v) is 11.5. The highest BCUT2D eigenvalue weighted by Crippen LogP contribution is 2.19. The number of rotatable bonds is 5. The van der Waals surface area contributed by atoms with E-state index in [-0.39, 0.29) is 0 Å². The number of nitrogens with zero attached hydrogens (tertiary/aromatic N) is 1. The second-order valence-electron chi connectivity index (χ2n) is 5.09. The van der Waals surface area contributed by atoms with Crippen molar-refractivity contribution >= 4 is 11.8 Å². The van der Waals surface area contributed by atoms with Crippen molar-refractivity contribution in [2.24, 2.45) is 0 Å². The first-order chi connectivity index (χ1) is 7.06. The van der Waals surface area contributed by atoms with E-state index in [9.17, 15) is 0 Å². The first-order valence-electron chi connectivity index (χ1n) is 6.12. The molecule has 1 aliphatic rings. The summed E-state index contributed by atoms with van der Waals surface area (Å²) in [6.07, 6.45) is 1.33. The smallest absolute Gasteiger partial charge is 0.0278 e. The third kappa shape index (κ3) is 4.33. The summed E-state index contributed by atoms with van der Waals surface area (Å²) < 4.78 is 0. The summed E-state index contributed by atoms with van der Waals surface area (Å²) in [6, 6.07) is 0.650. The first-order valence-corrected chi connectivity index (χ1v) is 7.28. The van der Waals surface area contributed by atoms with Crippen molar-refractivity contribution in [2.45, 2.75) is 45.7 Å². The first kappa shape index (κ1) is 13.3. The molecule has 3 heteroatoms. The molecule has 0 aliphatic carbocycles. The predicted octanol–water partition coefficient (Wildman–Crippen LogP) is 2.20. The lowest BCUT2D eigenvalue weighted by molar-refractivity contribution is 0.0708. The van der Waals surface area contributed by atoms with Crippen LogP contribution in [-0.4, -0.2) is 47.6 Å². The Labute approximate surface area is 99.2 Å². The van der Waals surface area contributed by atoms with Crippen LogP contribution in [0.25, 0.3) is 0 Å². The SMILES string of the molecule is CCSCCCN1CC(C)NCC1(C)C. The average Bonchev–Trinajstić information content (AvgIpc) is 2.18. The molecule has 0 amide bonds. The van der Waals surface area contributed by atoms with Crippen molar-refractivity contribution in [1.29, 1.82) is 0 Å². The molecular formula is C12H26N2S. The largest absolute Gasteiger partial charge is 0.311 e. The molecule has 0 aromatic carbocycles. The number of thioether (sulfide) groups is 1. The minimum atomic E-state index is 0.337. The van der Waals surface area contributed by atoms with Crippen molar-refractivity contribution < 1.29 is 0 Å². The van der Waals surface area contributed by atoms with Gasteiger partial charge >= 0.3 is 0 Å². The third-order valence-electron chi connectivity index (χ3n) is 3.15. The van der Waals surface area contributed by atoms with Crippen LogP contribution in [0.4, 0.5) is 0 Å². The Morgan fingerprint density at radius 1 is 1.47 bits per heavy atom. The van der Waals surface area contributed by atoms with Crippen LogP contribution in [0.1, 0.15) is 34.1 Å². The minimum absolute atomic E-state index is 0.337. The Morgan fingerprint density at radius 3 is 2.87 bits per heavy atom. The Hall–Kier alpha value is 0.270. The van der Waals surface area contributed by atoms with E-state index in [2.05, 4.69) is 49.7 Å². The minimum Gasteiger partial charge on any atom is -0.311 e. The van der Waals surface area contributed by atoms with Gasteiger partial charge in [0.05, 0.1) is 0 Å². The monoisotopic (exact) mass is 230 g/mol. The van der Waals surface area contributed by atoms with Crippen LogP contribution in [0, 0.1) is 0 Å². The highest BCUT2D eigenvalue weighted by Gasteiger charge is 2.31. The second kappa shape index (κ2) is 6.12. The lowest BCUT2D eigenvalue weighted by atomic mass is 9.98. The average molecular weight is 230 g/mol. The van der Waals surface area contributed by atoms with Crippen LogP contribution in [0.2, 0.25) is 0 Å². The molecule has 0 radical (unpaired) electrons. The molecule has 1 N–H and O–H groups in total. The number of nitrogens with one attached hydrogen (secondary N) is 1. The van der Waals surface area contributed by atoms with Crippen molar-refractivity contribution in [3.8, 4) is 0 Å². The van der Waals surface area contributed by atoms with E-state index in [0.717, 1.165) is 6.54 Å². The van der Waals surface area contributed by atoms with Gasteiger partial charge in [-0.2, -0.15) is 11.8 Å². The normalized spacial score (nSPS) is 26.8. The second-order valence-corrected chi connectivity index (χ2v) is 6.48. The van der Waals surface area contributed by atoms with E-state index in [4.69, 9.17) is 0 Å². The van der Waals surface area contributed by atoms with Gasteiger partial charge in [-0.05, 0) is 45.2 Å². The molecule has 0 bridgehead atoms. The van der Waals surface area contributed by atoms with Crippen molar-refractivity contribution in [1.82, 2.24) is 10.2 Å². The molecule has 1 unspecified atom stereocenters. The Morgan fingerprint density at radius 2 is 2.20 bits per heavy atom. The van der Waals surface area contributed by atoms with Crippen LogP contribution in [-0.2, 0) is 0 Å². The van der Waals surface area contributed by atoms with Gasteiger partial charge in [0.1, 0.15) is 0 Å². The van der Waals surface area contributed by atoms with E-state index in [1.165, 1.54) is 31.0 Å². The molecule has 90 valence electrons. The van der Waals surface area contributed by atoms with E-state index in [1.54, 1.807) is 0 Å². The molecule has 0 spiro atoms. The maximum atomic E-state index is 3.56. The molecule has 0 aromatic rings. The van der Waals surface area contributed by atoms with Gasteiger partial charge in [-0.3, -0.25) is 4.90 Å². The molecular weight excluding hydrogens is 204 g/mol. The van der Waals surface area contributed by atoms with Gasteiger partial charge in [0.25, 0.3) is 0 Å². The van der Waals surface area contributed by atoms with Gasteiger partial charge < -0.3 is 5.32 Å². The van der Waals surface area contributed by atoms with E-state index in [0.29, 0.717) is 11.6 Å². The molecule has 0 aromatic heterocycles. The zero-order chi connectivity index (χ0) is 11.3. The van der Waals surface area contributed by atoms with E-state index >= 15 is 0 Å². The van der Waals surface area contributed by atoms with E-state index in [1.807, 2.05) is 0 Å². The molecule has 1 rings (SSSR count).